The number of ether oxygens (including phenoxy) is 1. The fourth-order valence-electron chi connectivity index (χ4n) is 0.337. The Morgan fingerprint density at radius 2 is 2.00 bits per heavy atom. The van der Waals surface area contributed by atoms with Gasteiger partial charge >= 0.3 is 0 Å². The van der Waals surface area contributed by atoms with Gasteiger partial charge in [-0.05, 0) is 13.8 Å². The number of carbonyl (C=O) groups is 1. The number of aliphatic hydroxyl groups is 1. The van der Waals surface area contributed by atoms with Crippen LogP contribution in [-0.4, -0.2) is 35.5 Å². The number of hydrogen-bond acceptors (Lipinski definition) is 3. The van der Waals surface area contributed by atoms with Crippen LogP contribution in [0.1, 0.15) is 20.8 Å². The monoisotopic (exact) mass is 164 g/mol. The SMILES string of the molecule is CC(=O)O.CCOC(C)CO. The topological polar surface area (TPSA) is 66.8 Å². The van der Waals surface area contributed by atoms with Gasteiger partial charge in [-0.3, -0.25) is 4.79 Å². The van der Waals surface area contributed by atoms with Crippen LogP contribution in [0.25, 0.3) is 0 Å². The minimum Gasteiger partial charge on any atom is -0.481 e. The first-order valence-corrected chi connectivity index (χ1v) is 3.46. The van der Waals surface area contributed by atoms with Crippen molar-refractivity contribution in [2.75, 3.05) is 13.2 Å². The average Bonchev–Trinajstić information content (AvgIpc) is 1.87. The fourth-order valence-corrected chi connectivity index (χ4v) is 0.337. The van der Waals surface area contributed by atoms with E-state index in [1.165, 1.54) is 0 Å². The maximum Gasteiger partial charge on any atom is 0.300 e. The lowest BCUT2D eigenvalue weighted by Crippen LogP contribution is -2.11. The molecule has 68 valence electrons. The van der Waals surface area contributed by atoms with Gasteiger partial charge in [0.25, 0.3) is 5.97 Å². The van der Waals surface area contributed by atoms with Crippen molar-refractivity contribution in [3.8, 4) is 0 Å². The van der Waals surface area contributed by atoms with Gasteiger partial charge in [-0.2, -0.15) is 0 Å². The van der Waals surface area contributed by atoms with Crippen molar-refractivity contribution in [3.05, 3.63) is 0 Å². The van der Waals surface area contributed by atoms with Gasteiger partial charge in [0.15, 0.2) is 0 Å². The third-order valence-corrected chi connectivity index (χ3v) is 0.708. The van der Waals surface area contributed by atoms with E-state index >= 15 is 0 Å². The van der Waals surface area contributed by atoms with Gasteiger partial charge in [-0.25, -0.2) is 0 Å². The highest BCUT2D eigenvalue weighted by molar-refractivity contribution is 5.62. The average molecular weight is 164 g/mol. The van der Waals surface area contributed by atoms with Gasteiger partial charge in [-0.1, -0.05) is 0 Å². The van der Waals surface area contributed by atoms with Crippen molar-refractivity contribution in [2.24, 2.45) is 0 Å². The first-order valence-electron chi connectivity index (χ1n) is 3.46. The largest absolute Gasteiger partial charge is 0.481 e. The van der Waals surface area contributed by atoms with Crippen molar-refractivity contribution in [1.82, 2.24) is 0 Å². The maximum atomic E-state index is 9.00. The molecular weight excluding hydrogens is 148 g/mol. The minimum absolute atomic E-state index is 0.00463. The second-order valence-corrected chi connectivity index (χ2v) is 1.97. The summed E-state index contributed by atoms with van der Waals surface area (Å²) < 4.78 is 4.94. The van der Waals surface area contributed by atoms with Crippen molar-refractivity contribution in [3.63, 3.8) is 0 Å². The Balaban J connectivity index is 0. The smallest absolute Gasteiger partial charge is 0.300 e. The van der Waals surface area contributed by atoms with Crippen LogP contribution in [0, 0.1) is 0 Å². The van der Waals surface area contributed by atoms with Crippen molar-refractivity contribution in [1.29, 1.82) is 0 Å². The number of rotatable bonds is 3. The van der Waals surface area contributed by atoms with E-state index in [4.69, 9.17) is 19.7 Å². The molecule has 0 aromatic rings. The number of carboxylic acids is 1. The molecule has 0 rings (SSSR count). The number of aliphatic carboxylic acids is 1. The molecule has 0 aliphatic rings. The summed E-state index contributed by atoms with van der Waals surface area (Å²) in [7, 11) is 0. The molecule has 0 fully saturated rings. The van der Waals surface area contributed by atoms with Gasteiger partial charge in [0.2, 0.25) is 0 Å². The van der Waals surface area contributed by atoms with Crippen molar-refractivity contribution >= 4 is 5.97 Å². The predicted molar refractivity (Wildman–Crippen MR) is 41.5 cm³/mol. The Hall–Kier alpha value is -0.610. The molecule has 0 radical (unpaired) electrons. The zero-order valence-electron chi connectivity index (χ0n) is 7.20. The molecule has 0 spiro atoms. The highest BCUT2D eigenvalue weighted by Crippen LogP contribution is 1.84. The van der Waals surface area contributed by atoms with E-state index in [2.05, 4.69) is 0 Å². The second kappa shape index (κ2) is 9.39. The molecule has 11 heavy (non-hydrogen) atoms. The van der Waals surface area contributed by atoms with Gasteiger partial charge in [0.05, 0.1) is 12.7 Å². The molecule has 4 heteroatoms. The lowest BCUT2D eigenvalue weighted by Gasteiger charge is -2.04. The van der Waals surface area contributed by atoms with E-state index < -0.39 is 5.97 Å². The van der Waals surface area contributed by atoms with E-state index in [9.17, 15) is 0 Å². The molecule has 0 aliphatic carbocycles. The first kappa shape index (κ1) is 13.0. The lowest BCUT2D eigenvalue weighted by atomic mass is 10.4. The quantitative estimate of drug-likeness (QED) is 0.637. The van der Waals surface area contributed by atoms with E-state index in [1.54, 1.807) is 0 Å². The summed E-state index contributed by atoms with van der Waals surface area (Å²) in [6.45, 7) is 5.63. The molecule has 0 heterocycles. The normalized spacial score (nSPS) is 11.3. The zero-order chi connectivity index (χ0) is 9.28. The zero-order valence-corrected chi connectivity index (χ0v) is 7.20. The molecule has 1 atom stereocenters. The van der Waals surface area contributed by atoms with E-state index in [1.807, 2.05) is 13.8 Å². The maximum absolute atomic E-state index is 9.00. The van der Waals surface area contributed by atoms with Gasteiger partial charge in [0.1, 0.15) is 0 Å². The molecule has 1 unspecified atom stereocenters. The highest BCUT2D eigenvalue weighted by Gasteiger charge is 1.93. The minimum atomic E-state index is -0.833. The van der Waals surface area contributed by atoms with Crippen LogP contribution < -0.4 is 0 Å². The van der Waals surface area contributed by atoms with Gasteiger partial charge in [-0.15, -0.1) is 0 Å². The standard InChI is InChI=1S/C5H12O2.C2H4O2/c1-3-7-5(2)4-6;1-2(3)4/h5-6H,3-4H2,1-2H3;1H3,(H,3,4). The first-order chi connectivity index (χ1) is 5.04. The highest BCUT2D eigenvalue weighted by atomic mass is 16.5. The summed E-state index contributed by atoms with van der Waals surface area (Å²) in [6.07, 6.45) is 0.00463. The third-order valence-electron chi connectivity index (χ3n) is 0.708. The number of hydrogen-bond donors (Lipinski definition) is 2. The van der Waals surface area contributed by atoms with Crippen molar-refractivity contribution < 1.29 is 19.7 Å². The van der Waals surface area contributed by atoms with Crippen LogP contribution in [0.3, 0.4) is 0 Å². The number of carboxylic acid groups (broad SMARTS) is 1. The molecule has 0 saturated heterocycles. The summed E-state index contributed by atoms with van der Waals surface area (Å²) in [4.78, 5) is 9.00. The molecule has 2 N–H and O–H groups in total. The van der Waals surface area contributed by atoms with Crippen LogP contribution >= 0.6 is 0 Å². The summed E-state index contributed by atoms with van der Waals surface area (Å²) in [5.74, 6) is -0.833. The molecule has 0 saturated carbocycles. The Morgan fingerprint density at radius 3 is 2.09 bits per heavy atom. The molecule has 0 aliphatic heterocycles. The molecule has 0 aromatic carbocycles. The van der Waals surface area contributed by atoms with Crippen LogP contribution in [0.15, 0.2) is 0 Å². The Labute approximate surface area is 66.8 Å². The number of aliphatic hydroxyl groups excluding tert-OH is 1. The summed E-state index contributed by atoms with van der Waals surface area (Å²) >= 11 is 0. The predicted octanol–water partition coefficient (Wildman–Crippen LogP) is 0.495. The van der Waals surface area contributed by atoms with E-state index in [-0.39, 0.29) is 12.7 Å². The lowest BCUT2D eigenvalue weighted by molar-refractivity contribution is -0.134. The Bertz CT molecular complexity index is 88.4. The summed E-state index contributed by atoms with van der Waals surface area (Å²) in [5.41, 5.74) is 0. The van der Waals surface area contributed by atoms with Gasteiger partial charge in [0, 0.05) is 13.5 Å². The molecule has 0 aromatic heterocycles. The van der Waals surface area contributed by atoms with Crippen molar-refractivity contribution in [2.45, 2.75) is 26.9 Å². The van der Waals surface area contributed by atoms with Crippen LogP contribution in [0.5, 0.6) is 0 Å². The Morgan fingerprint density at radius 1 is 1.64 bits per heavy atom. The molecule has 4 nitrogen and oxygen atoms in total. The fraction of sp³-hybridized carbons (Fsp3) is 0.857. The second-order valence-electron chi connectivity index (χ2n) is 1.97. The van der Waals surface area contributed by atoms with E-state index in [0.717, 1.165) is 6.92 Å². The Kier molecular flexibility index (Phi) is 11.1. The van der Waals surface area contributed by atoms with Crippen LogP contribution in [-0.2, 0) is 9.53 Å². The van der Waals surface area contributed by atoms with E-state index in [0.29, 0.717) is 6.61 Å². The van der Waals surface area contributed by atoms with Gasteiger partial charge < -0.3 is 14.9 Å². The van der Waals surface area contributed by atoms with Crippen LogP contribution in [0.2, 0.25) is 0 Å². The molecule has 0 bridgehead atoms. The summed E-state index contributed by atoms with van der Waals surface area (Å²) in [5, 5.41) is 15.8. The summed E-state index contributed by atoms with van der Waals surface area (Å²) in [6, 6.07) is 0. The molecule has 0 amide bonds. The third kappa shape index (κ3) is 26.6. The van der Waals surface area contributed by atoms with Crippen LogP contribution in [0.4, 0.5) is 0 Å². The molecular formula is C7H16O4.